The predicted molar refractivity (Wildman–Crippen MR) is 121 cm³/mol. The number of benzene rings is 1. The Morgan fingerprint density at radius 3 is 2.39 bits per heavy atom. The van der Waals surface area contributed by atoms with Crippen LogP contribution in [0.4, 0.5) is 0 Å². The molecule has 0 amide bonds. The van der Waals surface area contributed by atoms with Gasteiger partial charge in [0.1, 0.15) is 22.9 Å². The lowest BCUT2D eigenvalue weighted by atomic mass is 10.2. The number of pyridine rings is 1. The maximum absolute atomic E-state index is 11.0. The van der Waals surface area contributed by atoms with E-state index in [2.05, 4.69) is 24.9 Å². The zero-order valence-corrected chi connectivity index (χ0v) is 19.1. The smallest absolute Gasteiger partial charge is 0.213 e. The summed E-state index contributed by atoms with van der Waals surface area (Å²) in [6, 6.07) is 12.5. The second-order valence-corrected chi connectivity index (χ2v) is 7.54. The van der Waals surface area contributed by atoms with Crippen LogP contribution in [0.25, 0.3) is 28.4 Å². The van der Waals surface area contributed by atoms with Crippen molar-refractivity contribution in [2.45, 2.75) is 13.5 Å². The van der Waals surface area contributed by atoms with Gasteiger partial charge in [-0.2, -0.15) is 5.10 Å². The van der Waals surface area contributed by atoms with Crippen LogP contribution in [0.15, 0.2) is 42.5 Å². The van der Waals surface area contributed by atoms with E-state index < -0.39 is 10.9 Å². The van der Waals surface area contributed by atoms with Gasteiger partial charge in [-0.1, -0.05) is 12.1 Å². The summed E-state index contributed by atoms with van der Waals surface area (Å²) in [5.74, 6) is 1.99. The molecule has 0 aliphatic heterocycles. The number of thiol groups is 1. The summed E-state index contributed by atoms with van der Waals surface area (Å²) in [5, 5.41) is 8.29. The molecular formula is C21H22N6O5S. The molecule has 3 heterocycles. The first-order chi connectivity index (χ1) is 16.0. The molecule has 1 aromatic carbocycles. The fourth-order valence-corrected chi connectivity index (χ4v) is 3.66. The SMILES string of the molecule is CCOc1cccc(-c2nc3nnc(CN[SH](=O)=O)cc3n2-c2c(OC)cccc2OC)n1. The van der Waals surface area contributed by atoms with Crippen LogP contribution in [0.2, 0.25) is 0 Å². The van der Waals surface area contributed by atoms with E-state index in [1.165, 1.54) is 0 Å². The highest BCUT2D eigenvalue weighted by Crippen LogP contribution is 2.38. The van der Waals surface area contributed by atoms with Gasteiger partial charge in [0, 0.05) is 6.07 Å². The molecule has 0 spiro atoms. The number of ether oxygens (including phenoxy) is 3. The lowest BCUT2D eigenvalue weighted by Gasteiger charge is -2.16. The van der Waals surface area contributed by atoms with Crippen molar-refractivity contribution in [3.63, 3.8) is 0 Å². The van der Waals surface area contributed by atoms with Crippen molar-refractivity contribution in [2.75, 3.05) is 20.8 Å². The molecule has 33 heavy (non-hydrogen) atoms. The fourth-order valence-electron chi connectivity index (χ4n) is 3.37. The van der Waals surface area contributed by atoms with Gasteiger partial charge in [0.25, 0.3) is 0 Å². The van der Waals surface area contributed by atoms with Crippen LogP contribution in [0, 0.1) is 0 Å². The first-order valence-corrected chi connectivity index (χ1v) is 11.2. The van der Waals surface area contributed by atoms with E-state index in [4.69, 9.17) is 14.2 Å². The van der Waals surface area contributed by atoms with Gasteiger partial charge in [-0.3, -0.25) is 4.57 Å². The average molecular weight is 471 g/mol. The minimum Gasteiger partial charge on any atom is -0.494 e. The molecule has 172 valence electrons. The number of methoxy groups -OCH3 is 2. The first kappa shape index (κ1) is 22.4. The number of nitrogens with zero attached hydrogens (tertiary/aromatic N) is 5. The lowest BCUT2D eigenvalue weighted by molar-refractivity contribution is 0.327. The van der Waals surface area contributed by atoms with Crippen LogP contribution in [0.3, 0.4) is 0 Å². The van der Waals surface area contributed by atoms with Gasteiger partial charge >= 0.3 is 0 Å². The Hall–Kier alpha value is -3.77. The Kier molecular flexibility index (Phi) is 6.66. The summed E-state index contributed by atoms with van der Waals surface area (Å²) in [7, 11) is 0.344. The van der Waals surface area contributed by atoms with E-state index >= 15 is 0 Å². The third kappa shape index (κ3) is 4.56. The largest absolute Gasteiger partial charge is 0.494 e. The zero-order valence-electron chi connectivity index (χ0n) is 18.2. The van der Waals surface area contributed by atoms with Crippen molar-refractivity contribution in [1.29, 1.82) is 0 Å². The number of imidazole rings is 1. The zero-order chi connectivity index (χ0) is 23.4. The van der Waals surface area contributed by atoms with Crippen LogP contribution >= 0.6 is 0 Å². The van der Waals surface area contributed by atoms with Crippen molar-refractivity contribution in [1.82, 2.24) is 29.5 Å². The van der Waals surface area contributed by atoms with Crippen molar-refractivity contribution < 1.29 is 22.6 Å². The van der Waals surface area contributed by atoms with E-state index in [1.807, 2.05) is 19.1 Å². The molecule has 4 aromatic rings. The van der Waals surface area contributed by atoms with Crippen LogP contribution in [-0.2, 0) is 17.4 Å². The Labute approximate surface area is 191 Å². The molecular weight excluding hydrogens is 448 g/mol. The summed E-state index contributed by atoms with van der Waals surface area (Å²) in [6.07, 6.45) is 0. The van der Waals surface area contributed by atoms with E-state index in [-0.39, 0.29) is 6.54 Å². The van der Waals surface area contributed by atoms with E-state index in [0.717, 1.165) is 0 Å². The van der Waals surface area contributed by atoms with Gasteiger partial charge in [-0.05, 0) is 31.2 Å². The minimum atomic E-state index is -2.78. The Morgan fingerprint density at radius 2 is 1.73 bits per heavy atom. The maximum Gasteiger partial charge on any atom is 0.213 e. The van der Waals surface area contributed by atoms with E-state index in [1.54, 1.807) is 49.1 Å². The van der Waals surface area contributed by atoms with Crippen LogP contribution in [0.5, 0.6) is 17.4 Å². The van der Waals surface area contributed by atoms with Gasteiger partial charge in [0.15, 0.2) is 5.82 Å². The third-order valence-corrected chi connectivity index (χ3v) is 5.15. The highest BCUT2D eigenvalue weighted by atomic mass is 32.2. The highest BCUT2D eigenvalue weighted by Gasteiger charge is 2.23. The fraction of sp³-hybridized carbons (Fsp3) is 0.238. The normalized spacial score (nSPS) is 11.2. The second kappa shape index (κ2) is 9.79. The van der Waals surface area contributed by atoms with Gasteiger partial charge in [-0.25, -0.2) is 23.1 Å². The third-order valence-electron chi connectivity index (χ3n) is 4.73. The Bertz CT molecular complexity index is 1340. The highest BCUT2D eigenvalue weighted by molar-refractivity contribution is 7.70. The van der Waals surface area contributed by atoms with Crippen molar-refractivity contribution in [3.05, 3.63) is 48.2 Å². The summed E-state index contributed by atoms with van der Waals surface area (Å²) in [4.78, 5) is 9.25. The second-order valence-electron chi connectivity index (χ2n) is 6.71. The summed E-state index contributed by atoms with van der Waals surface area (Å²) >= 11 is 0. The topological polar surface area (TPSA) is 130 Å². The van der Waals surface area contributed by atoms with Crippen LogP contribution in [-0.4, -0.2) is 54.0 Å². The molecule has 11 nitrogen and oxygen atoms in total. The molecule has 0 saturated carbocycles. The molecule has 0 unspecified atom stereocenters. The lowest BCUT2D eigenvalue weighted by Crippen LogP contribution is -2.12. The van der Waals surface area contributed by atoms with Gasteiger partial charge in [0.2, 0.25) is 22.4 Å². The molecule has 4 rings (SSSR count). The number of rotatable bonds is 9. The van der Waals surface area contributed by atoms with Crippen LogP contribution in [0.1, 0.15) is 12.6 Å². The molecule has 0 atom stereocenters. The monoisotopic (exact) mass is 470 g/mol. The predicted octanol–water partition coefficient (Wildman–Crippen LogP) is 1.91. The summed E-state index contributed by atoms with van der Waals surface area (Å²) in [5.41, 5.74) is 2.46. The summed E-state index contributed by atoms with van der Waals surface area (Å²) in [6.45, 7) is 2.34. The quantitative estimate of drug-likeness (QED) is 0.352. The number of para-hydroxylation sites is 1. The minimum absolute atomic E-state index is 0.0106. The first-order valence-electron chi connectivity index (χ1n) is 10.00. The standard InChI is InChI=1S/C21H22N6O5S/c1-4-32-18-10-5-7-14(23-18)21-24-20-15(11-13(25-26-20)12-22-33(28)29)27(21)19-16(30-2)8-6-9-17(19)31-3/h5-11,33H,4,12H2,1-3H3,(H,22,28,29). The van der Waals surface area contributed by atoms with Crippen molar-refractivity contribution in [2.24, 2.45) is 0 Å². The number of fused-ring (bicyclic) bond motifs is 1. The average Bonchev–Trinajstić information content (AvgIpc) is 3.21. The maximum atomic E-state index is 11.0. The Balaban J connectivity index is 2.02. The van der Waals surface area contributed by atoms with E-state index in [9.17, 15) is 8.42 Å². The molecule has 0 fully saturated rings. The molecule has 1 N–H and O–H groups in total. The number of aromatic nitrogens is 5. The molecule has 0 radical (unpaired) electrons. The molecule has 0 bridgehead atoms. The number of hydrogen-bond donors (Lipinski definition) is 2. The molecule has 3 aromatic heterocycles. The summed E-state index contributed by atoms with van der Waals surface area (Å²) < 4.78 is 42.9. The van der Waals surface area contributed by atoms with Gasteiger partial charge in [0.05, 0.1) is 38.6 Å². The molecule has 0 aliphatic rings. The molecule has 12 heteroatoms. The van der Waals surface area contributed by atoms with E-state index in [0.29, 0.717) is 58.0 Å². The Morgan fingerprint density at radius 1 is 1.00 bits per heavy atom. The van der Waals surface area contributed by atoms with Gasteiger partial charge < -0.3 is 14.2 Å². The number of hydrogen-bond acceptors (Lipinski definition) is 9. The molecule has 0 saturated heterocycles. The van der Waals surface area contributed by atoms with Crippen molar-refractivity contribution in [3.8, 4) is 34.6 Å². The van der Waals surface area contributed by atoms with Gasteiger partial charge in [-0.15, -0.1) is 5.10 Å². The van der Waals surface area contributed by atoms with Crippen LogP contribution < -0.4 is 18.9 Å². The van der Waals surface area contributed by atoms with Crippen molar-refractivity contribution >= 4 is 22.1 Å². The number of nitrogens with one attached hydrogen (secondary N) is 1. The molecule has 0 aliphatic carbocycles.